The maximum atomic E-state index is 8.76. The second-order valence-corrected chi connectivity index (χ2v) is 4.71. The number of hydrogen-bond acceptors (Lipinski definition) is 3. The van der Waals surface area contributed by atoms with Crippen LogP contribution in [0.4, 0.5) is 0 Å². The standard InChI is InChI=1S/C11H19N3/c1-9(5-12)6-14-7-10-3-2-4-13-11(10)8-14/h9-11,13H,2-4,6-8H2,1H3. The lowest BCUT2D eigenvalue weighted by molar-refractivity contribution is 0.299. The quantitative estimate of drug-likeness (QED) is 0.706. The average molecular weight is 193 g/mol. The van der Waals surface area contributed by atoms with Gasteiger partial charge in [-0.3, -0.25) is 0 Å². The molecule has 0 aromatic heterocycles. The van der Waals surface area contributed by atoms with Crippen LogP contribution in [-0.2, 0) is 0 Å². The molecule has 78 valence electrons. The second kappa shape index (κ2) is 4.29. The molecule has 0 aromatic carbocycles. The molecule has 3 atom stereocenters. The van der Waals surface area contributed by atoms with E-state index >= 15 is 0 Å². The fourth-order valence-corrected chi connectivity index (χ4v) is 2.71. The summed E-state index contributed by atoms with van der Waals surface area (Å²) in [6, 6.07) is 3.01. The van der Waals surface area contributed by atoms with Gasteiger partial charge in [0, 0.05) is 25.7 Å². The molecule has 2 rings (SSSR count). The molecule has 2 aliphatic rings. The molecule has 0 saturated carbocycles. The molecule has 2 heterocycles. The van der Waals surface area contributed by atoms with Crippen molar-refractivity contribution >= 4 is 0 Å². The van der Waals surface area contributed by atoms with Crippen molar-refractivity contribution in [3.05, 3.63) is 0 Å². The third-order valence-corrected chi connectivity index (χ3v) is 3.43. The van der Waals surface area contributed by atoms with E-state index in [1.807, 2.05) is 6.92 Å². The summed E-state index contributed by atoms with van der Waals surface area (Å²) >= 11 is 0. The van der Waals surface area contributed by atoms with E-state index in [1.54, 1.807) is 0 Å². The van der Waals surface area contributed by atoms with Crippen molar-refractivity contribution in [3.8, 4) is 6.07 Å². The van der Waals surface area contributed by atoms with Crippen LogP contribution in [0, 0.1) is 23.2 Å². The van der Waals surface area contributed by atoms with Gasteiger partial charge < -0.3 is 10.2 Å². The SMILES string of the molecule is CC(C#N)CN1CC2CCCNC2C1. The normalized spacial score (nSPS) is 34.9. The summed E-state index contributed by atoms with van der Waals surface area (Å²) in [5.74, 6) is 1.02. The first-order chi connectivity index (χ1) is 6.79. The van der Waals surface area contributed by atoms with E-state index in [-0.39, 0.29) is 5.92 Å². The Balaban J connectivity index is 1.84. The first-order valence-electron chi connectivity index (χ1n) is 5.65. The van der Waals surface area contributed by atoms with E-state index in [1.165, 1.54) is 25.9 Å². The van der Waals surface area contributed by atoms with Crippen LogP contribution in [-0.4, -0.2) is 37.1 Å². The lowest BCUT2D eigenvalue weighted by Gasteiger charge is -2.24. The molecule has 3 nitrogen and oxygen atoms in total. The molecule has 0 spiro atoms. The van der Waals surface area contributed by atoms with E-state index < -0.39 is 0 Å². The van der Waals surface area contributed by atoms with Crippen LogP contribution >= 0.6 is 0 Å². The molecule has 0 aromatic rings. The zero-order valence-corrected chi connectivity index (χ0v) is 8.87. The van der Waals surface area contributed by atoms with E-state index in [0.29, 0.717) is 6.04 Å². The highest BCUT2D eigenvalue weighted by molar-refractivity contribution is 4.93. The Morgan fingerprint density at radius 2 is 2.43 bits per heavy atom. The minimum atomic E-state index is 0.176. The lowest BCUT2D eigenvalue weighted by Crippen LogP contribution is -2.40. The number of hydrogen-bond donors (Lipinski definition) is 1. The number of nitrogens with zero attached hydrogens (tertiary/aromatic N) is 2. The highest BCUT2D eigenvalue weighted by Gasteiger charge is 2.34. The topological polar surface area (TPSA) is 39.1 Å². The molecule has 3 unspecified atom stereocenters. The van der Waals surface area contributed by atoms with Gasteiger partial charge in [-0.1, -0.05) is 0 Å². The maximum Gasteiger partial charge on any atom is 0.0666 e. The van der Waals surface area contributed by atoms with Crippen molar-refractivity contribution in [2.24, 2.45) is 11.8 Å². The number of fused-ring (bicyclic) bond motifs is 1. The molecule has 2 saturated heterocycles. The van der Waals surface area contributed by atoms with Crippen molar-refractivity contribution in [1.29, 1.82) is 5.26 Å². The number of nitrogens with one attached hydrogen (secondary N) is 1. The fraction of sp³-hybridized carbons (Fsp3) is 0.909. The molecule has 3 heteroatoms. The van der Waals surface area contributed by atoms with Crippen molar-refractivity contribution in [2.75, 3.05) is 26.2 Å². The van der Waals surface area contributed by atoms with Gasteiger partial charge in [-0.05, 0) is 32.2 Å². The summed E-state index contributed by atoms with van der Waals surface area (Å²) in [4.78, 5) is 2.45. The maximum absolute atomic E-state index is 8.76. The molecule has 0 amide bonds. The van der Waals surface area contributed by atoms with Crippen LogP contribution in [0.1, 0.15) is 19.8 Å². The van der Waals surface area contributed by atoms with Gasteiger partial charge in [0.2, 0.25) is 0 Å². The number of piperidine rings is 1. The van der Waals surface area contributed by atoms with E-state index in [0.717, 1.165) is 19.0 Å². The molecule has 0 bridgehead atoms. The molecule has 0 aliphatic carbocycles. The second-order valence-electron chi connectivity index (χ2n) is 4.71. The minimum Gasteiger partial charge on any atom is -0.312 e. The van der Waals surface area contributed by atoms with Gasteiger partial charge in [-0.2, -0.15) is 5.26 Å². The van der Waals surface area contributed by atoms with Gasteiger partial charge in [0.1, 0.15) is 0 Å². The Labute approximate surface area is 86.1 Å². The van der Waals surface area contributed by atoms with Crippen LogP contribution in [0.2, 0.25) is 0 Å². The van der Waals surface area contributed by atoms with Crippen LogP contribution < -0.4 is 5.32 Å². The van der Waals surface area contributed by atoms with Gasteiger partial charge in [-0.25, -0.2) is 0 Å². The van der Waals surface area contributed by atoms with Crippen molar-refractivity contribution in [3.63, 3.8) is 0 Å². The Bertz CT molecular complexity index is 219. The van der Waals surface area contributed by atoms with Crippen LogP contribution in [0.3, 0.4) is 0 Å². The first-order valence-corrected chi connectivity index (χ1v) is 5.65. The van der Waals surface area contributed by atoms with Crippen LogP contribution in [0.15, 0.2) is 0 Å². The van der Waals surface area contributed by atoms with Crippen molar-refractivity contribution < 1.29 is 0 Å². The van der Waals surface area contributed by atoms with E-state index in [2.05, 4.69) is 16.3 Å². The van der Waals surface area contributed by atoms with Gasteiger partial charge in [-0.15, -0.1) is 0 Å². The summed E-state index contributed by atoms with van der Waals surface area (Å²) in [5, 5.41) is 12.3. The Hall–Kier alpha value is -0.590. The number of likely N-dealkylation sites (tertiary alicyclic amines) is 1. The van der Waals surface area contributed by atoms with Gasteiger partial charge in [0.15, 0.2) is 0 Å². The smallest absolute Gasteiger partial charge is 0.0666 e. The number of nitriles is 1. The van der Waals surface area contributed by atoms with Crippen molar-refractivity contribution in [1.82, 2.24) is 10.2 Å². The fourth-order valence-electron chi connectivity index (χ4n) is 2.71. The van der Waals surface area contributed by atoms with Gasteiger partial charge in [0.25, 0.3) is 0 Å². The van der Waals surface area contributed by atoms with Crippen LogP contribution in [0.25, 0.3) is 0 Å². The van der Waals surface area contributed by atoms with Crippen molar-refractivity contribution in [2.45, 2.75) is 25.8 Å². The van der Waals surface area contributed by atoms with Gasteiger partial charge in [0.05, 0.1) is 12.0 Å². The van der Waals surface area contributed by atoms with E-state index in [4.69, 9.17) is 5.26 Å². The van der Waals surface area contributed by atoms with Gasteiger partial charge >= 0.3 is 0 Å². The lowest BCUT2D eigenvalue weighted by atomic mass is 9.94. The molecule has 14 heavy (non-hydrogen) atoms. The Kier molecular flexibility index (Phi) is 3.05. The summed E-state index contributed by atoms with van der Waals surface area (Å²) in [7, 11) is 0. The zero-order valence-electron chi connectivity index (χ0n) is 8.87. The summed E-state index contributed by atoms with van der Waals surface area (Å²) in [6.07, 6.45) is 2.69. The van der Waals surface area contributed by atoms with Crippen LogP contribution in [0.5, 0.6) is 0 Å². The first kappa shape index (κ1) is 9.95. The minimum absolute atomic E-state index is 0.176. The third-order valence-electron chi connectivity index (χ3n) is 3.43. The highest BCUT2D eigenvalue weighted by Crippen LogP contribution is 2.25. The highest BCUT2D eigenvalue weighted by atomic mass is 15.2. The van der Waals surface area contributed by atoms with E-state index in [9.17, 15) is 0 Å². The molecule has 0 radical (unpaired) electrons. The predicted molar refractivity (Wildman–Crippen MR) is 55.7 cm³/mol. The Morgan fingerprint density at radius 1 is 1.57 bits per heavy atom. The monoisotopic (exact) mass is 193 g/mol. The summed E-state index contributed by atoms with van der Waals surface area (Å²) in [5.41, 5.74) is 0. The third kappa shape index (κ3) is 2.08. The summed E-state index contributed by atoms with van der Waals surface area (Å²) in [6.45, 7) is 6.49. The molecule has 2 fully saturated rings. The molecule has 2 aliphatic heterocycles. The zero-order chi connectivity index (χ0) is 9.97. The number of rotatable bonds is 2. The Morgan fingerprint density at radius 3 is 3.14 bits per heavy atom. The average Bonchev–Trinajstić information content (AvgIpc) is 2.59. The predicted octanol–water partition coefficient (Wildman–Crippen LogP) is 0.830. The largest absolute Gasteiger partial charge is 0.312 e. The summed E-state index contributed by atoms with van der Waals surface area (Å²) < 4.78 is 0. The molecule has 1 N–H and O–H groups in total. The molecular formula is C11H19N3. The molecular weight excluding hydrogens is 174 g/mol.